The van der Waals surface area contributed by atoms with Crippen LogP contribution >= 0.6 is 0 Å². The van der Waals surface area contributed by atoms with E-state index in [9.17, 15) is 24.0 Å². The van der Waals surface area contributed by atoms with Crippen molar-refractivity contribution in [2.75, 3.05) is 0 Å². The molecule has 210 valence electrons. The Bertz CT molecular complexity index is 1140. The largest absolute Gasteiger partial charge is 0.475 e. The minimum Gasteiger partial charge on any atom is -0.475 e. The summed E-state index contributed by atoms with van der Waals surface area (Å²) in [5.74, 6) is -2.46. The molecule has 0 unspecified atom stereocenters. The summed E-state index contributed by atoms with van der Waals surface area (Å²) >= 11 is 0. The van der Waals surface area contributed by atoms with Gasteiger partial charge in [0, 0.05) is 88.2 Å². The minimum atomic E-state index is -0.504. The number of nitrogens with one attached hydrogen (secondary N) is 1. The zero-order chi connectivity index (χ0) is 27.9. The molecule has 1 fully saturated rings. The summed E-state index contributed by atoms with van der Waals surface area (Å²) in [6.45, 7) is 9.05. The standard InChI is InChI=1S/C17H20N2O3.C12H13NO2.2B.2Y/c1-10(2)13-14(18-15(13)20)11(3)16(21)19(4)17(22)12-8-6-5-7-9-12;1-9(2)11(14)13(3)12(15)10-7-5-4-6-8-10;;;;/h5-8,10-11,13-14H,4H2,1-3H3,(H,18,20);4-7,9H,3H2,1-2H3;;;;/q2*-2;;;;/t11-,13-,14-;;;;;/m1...../s1. The number of amides is 5. The Morgan fingerprint density at radius 1 is 0.780 bits per heavy atom. The third-order valence-electron chi connectivity index (χ3n) is 6.04. The molecule has 2 aromatic carbocycles. The van der Waals surface area contributed by atoms with Crippen LogP contribution in [0.25, 0.3) is 0 Å². The van der Waals surface area contributed by atoms with Gasteiger partial charge in [-0.2, -0.15) is 0 Å². The summed E-state index contributed by atoms with van der Waals surface area (Å²) in [5.41, 5.74) is 0.637. The van der Waals surface area contributed by atoms with E-state index >= 15 is 0 Å². The first kappa shape index (κ1) is 44.0. The van der Waals surface area contributed by atoms with Crippen LogP contribution in [0.15, 0.2) is 48.5 Å². The molecule has 0 bridgehead atoms. The van der Waals surface area contributed by atoms with E-state index in [0.717, 1.165) is 9.80 Å². The monoisotopic (exact) mass is 703 g/mol. The molecule has 1 heterocycles. The fraction of sp³-hybridized carbons (Fsp3) is 0.345. The van der Waals surface area contributed by atoms with Gasteiger partial charge in [-0.15, -0.1) is 60.7 Å². The summed E-state index contributed by atoms with van der Waals surface area (Å²) in [6, 6.07) is 18.6. The third-order valence-corrected chi connectivity index (χ3v) is 6.04. The molecule has 0 aromatic heterocycles. The van der Waals surface area contributed by atoms with Crippen LogP contribution < -0.4 is 5.32 Å². The van der Waals surface area contributed by atoms with E-state index in [1.165, 1.54) is 0 Å². The van der Waals surface area contributed by atoms with Crippen molar-refractivity contribution in [1.29, 1.82) is 0 Å². The summed E-state index contributed by atoms with van der Waals surface area (Å²) < 4.78 is 0. The Kier molecular flexibility index (Phi) is 21.9. The van der Waals surface area contributed by atoms with Crippen molar-refractivity contribution in [3.8, 4) is 0 Å². The number of β-lactam (4-membered cyclic amide) rings is 1. The van der Waals surface area contributed by atoms with Crippen LogP contribution in [-0.2, 0) is 79.8 Å². The van der Waals surface area contributed by atoms with Crippen molar-refractivity contribution in [3.05, 3.63) is 85.9 Å². The first-order valence-electron chi connectivity index (χ1n) is 12.0. The van der Waals surface area contributed by atoms with E-state index in [-0.39, 0.29) is 123 Å². The van der Waals surface area contributed by atoms with Crippen molar-refractivity contribution in [2.24, 2.45) is 23.7 Å². The van der Waals surface area contributed by atoms with Gasteiger partial charge in [0.1, 0.15) is 11.8 Å². The van der Waals surface area contributed by atoms with Crippen molar-refractivity contribution in [3.63, 3.8) is 0 Å². The molecule has 12 heteroatoms. The van der Waals surface area contributed by atoms with Gasteiger partial charge in [0.25, 0.3) is 0 Å². The van der Waals surface area contributed by atoms with Crippen molar-refractivity contribution in [2.45, 2.75) is 40.7 Å². The smallest absolute Gasteiger partial charge is 0.225 e. The van der Waals surface area contributed by atoms with E-state index < -0.39 is 23.6 Å². The molecule has 3 atom stereocenters. The molecule has 2 aromatic rings. The average molecular weight is 703 g/mol. The van der Waals surface area contributed by atoms with Crippen LogP contribution in [0.1, 0.15) is 55.3 Å². The zero-order valence-electron chi connectivity index (χ0n) is 24.2. The summed E-state index contributed by atoms with van der Waals surface area (Å²) in [5, 5.41) is 2.76. The molecular weight excluding hydrogens is 670 g/mol. The van der Waals surface area contributed by atoms with Gasteiger partial charge in [0.15, 0.2) is 11.8 Å². The Morgan fingerprint density at radius 3 is 1.51 bits per heavy atom. The van der Waals surface area contributed by atoms with Crippen LogP contribution in [0.4, 0.5) is 0 Å². The molecule has 41 heavy (non-hydrogen) atoms. The van der Waals surface area contributed by atoms with E-state index in [1.54, 1.807) is 69.3 Å². The second kappa shape index (κ2) is 20.4. The minimum absolute atomic E-state index is 0. The van der Waals surface area contributed by atoms with Gasteiger partial charge in [0.2, 0.25) is 5.91 Å². The summed E-state index contributed by atoms with van der Waals surface area (Å²) in [7, 11) is 7.02. The molecule has 0 spiro atoms. The van der Waals surface area contributed by atoms with E-state index in [4.69, 9.17) is 0 Å². The third kappa shape index (κ3) is 11.6. The van der Waals surface area contributed by atoms with Gasteiger partial charge in [-0.3, -0.25) is 28.5 Å². The van der Waals surface area contributed by atoms with E-state index in [2.05, 4.69) is 31.5 Å². The number of hydrogen-bond acceptors (Lipinski definition) is 5. The number of carbonyl (C=O) groups excluding carboxylic acids is 5. The number of carbonyl (C=O) groups is 5. The molecule has 8 nitrogen and oxygen atoms in total. The van der Waals surface area contributed by atoms with E-state index in [0.29, 0.717) is 5.56 Å². The molecule has 1 aliphatic rings. The van der Waals surface area contributed by atoms with Crippen LogP contribution in [0.3, 0.4) is 0 Å². The molecule has 8 radical (unpaired) electrons. The maximum absolute atomic E-state index is 12.4. The Hall–Kier alpha value is -1.47. The summed E-state index contributed by atoms with van der Waals surface area (Å²) in [6.07, 6.45) is 0. The number of nitrogens with zero attached hydrogens (tertiary/aromatic N) is 2. The first-order chi connectivity index (χ1) is 17.4. The van der Waals surface area contributed by atoms with E-state index in [1.807, 2.05) is 13.8 Å². The van der Waals surface area contributed by atoms with Gasteiger partial charge in [-0.25, -0.2) is 0 Å². The van der Waals surface area contributed by atoms with Crippen LogP contribution in [0.5, 0.6) is 0 Å². The Balaban J connectivity index is -0.000000679. The number of benzene rings is 2. The molecular formula is C29H33B2N3O5Y2-4. The maximum Gasteiger partial charge on any atom is 0.225 e. The second-order valence-corrected chi connectivity index (χ2v) is 9.44. The molecule has 1 aliphatic heterocycles. The maximum atomic E-state index is 12.4. The molecule has 1 N–H and O–H groups in total. The average Bonchev–Trinajstić information content (AvgIpc) is 2.89. The molecule has 1 saturated heterocycles. The predicted octanol–water partition coefficient (Wildman–Crippen LogP) is 2.79. The summed E-state index contributed by atoms with van der Waals surface area (Å²) in [4.78, 5) is 61.2. The topological polar surface area (TPSA) is 104 Å². The van der Waals surface area contributed by atoms with Crippen LogP contribution in [0.2, 0.25) is 0 Å². The van der Waals surface area contributed by atoms with Gasteiger partial charge >= 0.3 is 0 Å². The molecule has 5 amide bonds. The van der Waals surface area contributed by atoms with Crippen LogP contribution in [-0.4, -0.2) is 62.2 Å². The van der Waals surface area contributed by atoms with Crippen LogP contribution in [0, 0.1) is 49.9 Å². The normalized spacial score (nSPS) is 15.4. The molecule has 0 saturated carbocycles. The number of imide groups is 2. The van der Waals surface area contributed by atoms with Crippen molar-refractivity contribution >= 4 is 46.4 Å². The van der Waals surface area contributed by atoms with Crippen molar-refractivity contribution in [1.82, 2.24) is 15.1 Å². The Morgan fingerprint density at radius 2 is 1.20 bits per heavy atom. The number of hydrogen-bond donors (Lipinski definition) is 1. The second-order valence-electron chi connectivity index (χ2n) is 9.44. The van der Waals surface area contributed by atoms with Crippen molar-refractivity contribution < 1.29 is 89.4 Å². The zero-order valence-corrected chi connectivity index (χ0v) is 29.8. The predicted molar refractivity (Wildman–Crippen MR) is 149 cm³/mol. The van der Waals surface area contributed by atoms with Gasteiger partial charge < -0.3 is 24.7 Å². The first-order valence-corrected chi connectivity index (χ1v) is 12.0. The quantitative estimate of drug-likeness (QED) is 0.284. The molecule has 0 aliphatic carbocycles. The van der Waals surface area contributed by atoms with Gasteiger partial charge in [0.05, 0.1) is 17.9 Å². The SMILES string of the molecule is [B].[B].[CH2-]N(C(=O)c1[c-]cccc1)C(=O)C(C)C.[CH2-]N(C(=O)c1[c-]cccc1)C(=O)[C@H](C)[C@H]1NC(=O)[C@@H]1C(C)C.[Y].[Y]. The fourth-order valence-corrected chi connectivity index (χ4v) is 3.83. The van der Waals surface area contributed by atoms with Gasteiger partial charge in [-0.05, 0) is 5.92 Å². The number of rotatable bonds is 6. The fourth-order valence-electron chi connectivity index (χ4n) is 3.83. The van der Waals surface area contributed by atoms with Gasteiger partial charge in [-0.1, -0.05) is 45.7 Å². The molecule has 3 rings (SSSR count). The Labute approximate surface area is 298 Å².